The third-order valence-corrected chi connectivity index (χ3v) is 8.86. The van der Waals surface area contributed by atoms with Crippen molar-refractivity contribution in [2.24, 2.45) is 0 Å². The van der Waals surface area contributed by atoms with E-state index in [0.29, 0.717) is 41.9 Å². The monoisotopic (exact) mass is 566 g/mol. The van der Waals surface area contributed by atoms with Gasteiger partial charge >= 0.3 is 6.09 Å². The summed E-state index contributed by atoms with van der Waals surface area (Å²) in [4.78, 5) is 18.5. The van der Waals surface area contributed by atoms with Gasteiger partial charge in [0.05, 0.1) is 16.6 Å². The Labute approximate surface area is 222 Å². The quantitative estimate of drug-likeness (QED) is 0.462. The van der Waals surface area contributed by atoms with Crippen LogP contribution in [0.15, 0.2) is 29.4 Å². The number of rotatable bonds is 6. The fourth-order valence-corrected chi connectivity index (χ4v) is 6.31. The molecule has 0 atom stereocenters. The summed E-state index contributed by atoms with van der Waals surface area (Å²) in [5, 5.41) is 7.11. The topological polar surface area (TPSA) is 119 Å². The van der Waals surface area contributed by atoms with E-state index >= 15 is 0 Å². The molecule has 0 spiro atoms. The highest BCUT2D eigenvalue weighted by Crippen LogP contribution is 2.37. The fourth-order valence-electron chi connectivity index (χ4n) is 4.13. The summed E-state index contributed by atoms with van der Waals surface area (Å²) in [6.07, 6.45) is 3.59. The van der Waals surface area contributed by atoms with Gasteiger partial charge in [0.25, 0.3) is 6.43 Å². The van der Waals surface area contributed by atoms with Crippen LogP contribution in [0.3, 0.4) is 0 Å². The second-order valence-corrected chi connectivity index (χ2v) is 13.4. The number of aromatic nitrogens is 4. The number of hydrogen-bond acceptors (Lipinski definition) is 8. The second-order valence-electron chi connectivity index (χ2n) is 10.7. The third-order valence-electron chi connectivity index (χ3n) is 6.33. The zero-order chi connectivity index (χ0) is 27.5. The molecule has 204 valence electrons. The maximum Gasteiger partial charge on any atom is 0.410 e. The number of halogens is 2. The first-order chi connectivity index (χ1) is 17.7. The first kappa shape index (κ1) is 26.6. The molecule has 1 aliphatic heterocycles. The van der Waals surface area contributed by atoms with E-state index in [1.165, 1.54) is 6.20 Å². The molecule has 0 unspecified atom stereocenters. The van der Waals surface area contributed by atoms with Crippen LogP contribution < -0.4 is 4.72 Å². The Balaban J connectivity index is 1.57. The molecular formula is C24H28F2N6O4S2. The lowest BCUT2D eigenvalue weighted by Gasteiger charge is -2.29. The van der Waals surface area contributed by atoms with Gasteiger partial charge in [-0.3, -0.25) is 4.40 Å². The van der Waals surface area contributed by atoms with E-state index < -0.39 is 38.7 Å². The largest absolute Gasteiger partial charge is 0.444 e. The molecule has 1 saturated carbocycles. The zero-order valence-electron chi connectivity index (χ0n) is 21.4. The molecule has 14 heteroatoms. The average molecular weight is 567 g/mol. The van der Waals surface area contributed by atoms with Crippen LogP contribution in [0.5, 0.6) is 0 Å². The fraction of sp³-hybridized carbons (Fsp3) is 0.500. The van der Waals surface area contributed by atoms with Crippen LogP contribution in [0.1, 0.15) is 64.0 Å². The summed E-state index contributed by atoms with van der Waals surface area (Å²) in [5.41, 5.74) is 0.929. The van der Waals surface area contributed by atoms with Gasteiger partial charge in [0.1, 0.15) is 5.60 Å². The van der Waals surface area contributed by atoms with Crippen molar-refractivity contribution in [3.05, 3.63) is 35.1 Å². The molecule has 0 saturated heterocycles. The number of imidazole rings is 1. The number of carbonyl (C=O) groups is 1. The number of hydrogen-bond donors (Lipinski definition) is 1. The summed E-state index contributed by atoms with van der Waals surface area (Å²) < 4.78 is 62.8. The van der Waals surface area contributed by atoms with E-state index in [0.717, 1.165) is 18.4 Å². The van der Waals surface area contributed by atoms with Crippen molar-refractivity contribution in [2.75, 3.05) is 13.1 Å². The average Bonchev–Trinajstić information content (AvgIpc) is 3.22. The summed E-state index contributed by atoms with van der Waals surface area (Å²) in [6.45, 7) is 7.92. The molecule has 3 aromatic rings. The predicted octanol–water partition coefficient (Wildman–Crippen LogP) is 4.65. The Bertz CT molecular complexity index is 1540. The number of sulfonamides is 1. The highest BCUT2D eigenvalue weighted by Gasteiger charge is 2.41. The first-order valence-electron chi connectivity index (χ1n) is 12.1. The molecular weight excluding hydrogens is 538 g/mol. The standard InChI is InChI=1S/C24H28F2N6O4S2/c1-23(2,3)36-22(33)31-9-5-14(6-10-31)16-11-15(38(34,35)30-24(4)7-8-24)13-32-17(16)12-27-19(32)21-29-28-20(37-21)18(25)26/h5,11-13,18,30H,6-10H2,1-4H3. The van der Waals surface area contributed by atoms with Crippen LogP contribution in [-0.2, 0) is 14.8 Å². The molecule has 38 heavy (non-hydrogen) atoms. The Morgan fingerprint density at radius 1 is 1.26 bits per heavy atom. The highest BCUT2D eigenvalue weighted by molar-refractivity contribution is 7.89. The van der Waals surface area contributed by atoms with E-state index in [4.69, 9.17) is 4.74 Å². The molecule has 1 N–H and O–H groups in total. The van der Waals surface area contributed by atoms with Gasteiger partial charge in [-0.1, -0.05) is 17.4 Å². The van der Waals surface area contributed by atoms with Crippen molar-refractivity contribution >= 4 is 38.5 Å². The molecule has 0 aromatic carbocycles. The highest BCUT2D eigenvalue weighted by atomic mass is 32.2. The van der Waals surface area contributed by atoms with Gasteiger partial charge in [-0.15, -0.1) is 10.2 Å². The number of carbonyl (C=O) groups excluding carboxylic acids is 1. The normalized spacial score (nSPS) is 17.7. The molecule has 2 aliphatic rings. The molecule has 1 aliphatic carbocycles. The number of nitrogens with one attached hydrogen (secondary N) is 1. The Morgan fingerprint density at radius 2 is 2.00 bits per heavy atom. The molecule has 0 radical (unpaired) electrons. The van der Waals surface area contributed by atoms with Gasteiger partial charge in [-0.05, 0) is 58.6 Å². The minimum absolute atomic E-state index is 0.0152. The van der Waals surface area contributed by atoms with Gasteiger partial charge < -0.3 is 9.64 Å². The minimum atomic E-state index is -3.90. The van der Waals surface area contributed by atoms with Crippen LogP contribution in [0.4, 0.5) is 13.6 Å². The third kappa shape index (κ3) is 5.43. The van der Waals surface area contributed by atoms with Gasteiger partial charge in [0.2, 0.25) is 10.0 Å². The van der Waals surface area contributed by atoms with E-state index in [1.807, 2.05) is 13.0 Å². The lowest BCUT2D eigenvalue weighted by atomic mass is 9.99. The van der Waals surface area contributed by atoms with E-state index in [9.17, 15) is 22.0 Å². The van der Waals surface area contributed by atoms with Crippen molar-refractivity contribution in [1.29, 1.82) is 0 Å². The molecule has 1 fully saturated rings. The van der Waals surface area contributed by atoms with Crippen molar-refractivity contribution in [1.82, 2.24) is 29.2 Å². The minimum Gasteiger partial charge on any atom is -0.444 e. The van der Waals surface area contributed by atoms with Crippen molar-refractivity contribution < 1.29 is 26.7 Å². The Kier molecular flexibility index (Phi) is 6.55. The van der Waals surface area contributed by atoms with Crippen LogP contribution in [0, 0.1) is 0 Å². The van der Waals surface area contributed by atoms with E-state index in [1.54, 1.807) is 42.3 Å². The maximum atomic E-state index is 13.3. The van der Waals surface area contributed by atoms with Crippen LogP contribution in [0.25, 0.3) is 21.9 Å². The van der Waals surface area contributed by atoms with Crippen LogP contribution >= 0.6 is 11.3 Å². The number of ether oxygens (including phenoxy) is 1. The van der Waals surface area contributed by atoms with Gasteiger partial charge in [-0.2, -0.15) is 0 Å². The second kappa shape index (κ2) is 9.35. The zero-order valence-corrected chi connectivity index (χ0v) is 23.0. The van der Waals surface area contributed by atoms with Crippen molar-refractivity contribution in [2.45, 2.75) is 69.4 Å². The number of nitrogens with zero attached hydrogens (tertiary/aromatic N) is 5. The molecule has 3 aromatic heterocycles. The Hall–Kier alpha value is -2.97. The molecule has 1 amide bonds. The molecule has 4 heterocycles. The number of fused-ring (bicyclic) bond motifs is 1. The number of alkyl halides is 2. The van der Waals surface area contributed by atoms with Crippen LogP contribution in [-0.4, -0.2) is 63.2 Å². The van der Waals surface area contributed by atoms with Gasteiger partial charge in [-0.25, -0.2) is 31.7 Å². The predicted molar refractivity (Wildman–Crippen MR) is 137 cm³/mol. The summed E-state index contributed by atoms with van der Waals surface area (Å²) >= 11 is 0.703. The lowest BCUT2D eigenvalue weighted by molar-refractivity contribution is 0.0270. The maximum absolute atomic E-state index is 13.3. The first-order valence-corrected chi connectivity index (χ1v) is 14.4. The lowest BCUT2D eigenvalue weighted by Crippen LogP contribution is -2.39. The molecule has 0 bridgehead atoms. The molecule has 10 nitrogen and oxygen atoms in total. The summed E-state index contributed by atoms with van der Waals surface area (Å²) in [6, 6.07) is 1.59. The number of pyridine rings is 1. The van der Waals surface area contributed by atoms with E-state index in [2.05, 4.69) is 19.9 Å². The summed E-state index contributed by atoms with van der Waals surface area (Å²) in [5.74, 6) is 0.215. The van der Waals surface area contributed by atoms with E-state index in [-0.39, 0.29) is 15.7 Å². The summed E-state index contributed by atoms with van der Waals surface area (Å²) in [7, 11) is -3.90. The smallest absolute Gasteiger partial charge is 0.410 e. The van der Waals surface area contributed by atoms with Gasteiger partial charge in [0.15, 0.2) is 15.8 Å². The van der Waals surface area contributed by atoms with Crippen molar-refractivity contribution in [3.8, 4) is 10.8 Å². The van der Waals surface area contributed by atoms with Crippen molar-refractivity contribution in [3.63, 3.8) is 0 Å². The SMILES string of the molecule is CC1(NS(=O)(=O)c2cc(C3=CCN(C(=O)OC(C)(C)C)CC3)c3cnc(-c4nnc(C(F)F)s4)n3c2)CC1. The Morgan fingerprint density at radius 3 is 2.58 bits per heavy atom. The van der Waals surface area contributed by atoms with Gasteiger partial charge in [0, 0.05) is 30.4 Å². The van der Waals surface area contributed by atoms with Crippen LogP contribution in [0.2, 0.25) is 0 Å². The number of amides is 1. The molecule has 5 rings (SSSR count).